The van der Waals surface area contributed by atoms with Crippen molar-refractivity contribution < 1.29 is 14.6 Å². The number of esters is 1. The number of carbonyl (C=O) groups excluding carboxylic acids is 1. The van der Waals surface area contributed by atoms with Gasteiger partial charge in [-0.3, -0.25) is 5.10 Å². The number of ether oxygens (including phenoxy) is 1. The van der Waals surface area contributed by atoms with Gasteiger partial charge in [-0.15, -0.1) is 5.10 Å². The van der Waals surface area contributed by atoms with Gasteiger partial charge in [-0.05, 0) is 91.8 Å². The average Bonchev–Trinajstić information content (AvgIpc) is 3.44. The number of allylic oxidation sites excluding steroid dienone is 1. The summed E-state index contributed by atoms with van der Waals surface area (Å²) in [6.45, 7) is 6.33. The third-order valence-electron chi connectivity index (χ3n) is 9.54. The van der Waals surface area contributed by atoms with E-state index < -0.39 is 17.2 Å². The van der Waals surface area contributed by atoms with Gasteiger partial charge in [0.1, 0.15) is 0 Å². The molecular formula is C24H30N4O3S. The van der Waals surface area contributed by atoms with Crippen LogP contribution in [0.4, 0.5) is 0 Å². The van der Waals surface area contributed by atoms with Crippen LogP contribution in [-0.2, 0) is 11.2 Å². The van der Waals surface area contributed by atoms with Gasteiger partial charge in [-0.25, -0.2) is 4.79 Å². The average molecular weight is 455 g/mol. The molecule has 0 radical (unpaired) electrons. The Hall–Kier alpha value is -2.06. The summed E-state index contributed by atoms with van der Waals surface area (Å²) in [5.41, 5.74) is 4.31. The number of H-pyrrole nitrogens is 1. The Balaban J connectivity index is 1.29. The Labute approximate surface area is 191 Å². The molecule has 6 unspecified atom stereocenters. The first-order valence-electron chi connectivity index (χ1n) is 11.7. The van der Waals surface area contributed by atoms with Crippen LogP contribution in [-0.4, -0.2) is 36.6 Å². The van der Waals surface area contributed by atoms with Crippen molar-refractivity contribution in [3.8, 4) is 0 Å². The molecule has 0 amide bonds. The molecule has 0 saturated heterocycles. The number of fused-ring (bicyclic) bond motifs is 6. The smallest absolute Gasteiger partial charge is 0.354 e. The van der Waals surface area contributed by atoms with E-state index in [2.05, 4.69) is 39.7 Å². The minimum absolute atomic E-state index is 0.143. The Kier molecular flexibility index (Phi) is 4.32. The second-order valence-corrected chi connectivity index (χ2v) is 11.6. The van der Waals surface area contributed by atoms with Crippen LogP contribution < -0.4 is 0 Å². The molecule has 0 bridgehead atoms. The van der Waals surface area contributed by atoms with Crippen LogP contribution in [0.5, 0.6) is 0 Å². The van der Waals surface area contributed by atoms with Gasteiger partial charge in [0.2, 0.25) is 5.79 Å². The Bertz CT molecular complexity index is 1120. The number of aromatic nitrogens is 4. The normalized spacial score (nSPS) is 40.0. The molecule has 6 rings (SSSR count). The summed E-state index contributed by atoms with van der Waals surface area (Å²) in [5.74, 6) is -0.468. The van der Waals surface area contributed by atoms with Crippen molar-refractivity contribution in [3.63, 3.8) is 0 Å². The second-order valence-electron chi connectivity index (χ2n) is 10.8. The maximum absolute atomic E-state index is 12.8. The van der Waals surface area contributed by atoms with E-state index in [4.69, 9.17) is 4.74 Å². The fourth-order valence-electron chi connectivity index (χ4n) is 7.73. The van der Waals surface area contributed by atoms with E-state index in [1.165, 1.54) is 11.3 Å². The van der Waals surface area contributed by atoms with Gasteiger partial charge in [0.05, 0.1) is 17.6 Å². The van der Waals surface area contributed by atoms with Crippen molar-refractivity contribution >= 4 is 23.6 Å². The molecule has 170 valence electrons. The molecule has 0 spiro atoms. The van der Waals surface area contributed by atoms with Crippen LogP contribution in [0.1, 0.15) is 79.0 Å². The van der Waals surface area contributed by atoms with Crippen LogP contribution >= 0.6 is 11.5 Å². The first-order chi connectivity index (χ1) is 15.3. The number of hydrogen-bond donors (Lipinski definition) is 2. The maximum atomic E-state index is 12.8. The standard InChI is InChI=1S/C24H30N4O3S/c1-13-20(32-28-26-13)21(29)31-24(30)9-7-18-16-5-4-15-10-19-14(12-25-27-19)11-22(15,2)17(16)6-8-23(18,24)3/h10,12,16-18,30H,4-9,11H2,1-3H3,(H,25,27). The lowest BCUT2D eigenvalue weighted by atomic mass is 9.47. The number of aromatic amines is 1. The molecule has 2 aromatic heterocycles. The maximum Gasteiger partial charge on any atom is 0.354 e. The molecule has 4 aliphatic rings. The number of nitrogens with zero attached hydrogens (tertiary/aromatic N) is 3. The van der Waals surface area contributed by atoms with E-state index >= 15 is 0 Å². The van der Waals surface area contributed by atoms with Crippen LogP contribution in [0.3, 0.4) is 0 Å². The molecule has 3 fully saturated rings. The minimum atomic E-state index is -1.43. The van der Waals surface area contributed by atoms with Gasteiger partial charge in [-0.1, -0.05) is 23.9 Å². The molecule has 32 heavy (non-hydrogen) atoms. The number of hydrogen-bond acceptors (Lipinski definition) is 7. The van der Waals surface area contributed by atoms with Crippen molar-refractivity contribution in [3.05, 3.63) is 33.6 Å². The van der Waals surface area contributed by atoms with Crippen LogP contribution in [0, 0.1) is 35.5 Å². The highest BCUT2D eigenvalue weighted by atomic mass is 32.1. The third kappa shape index (κ3) is 2.62. The van der Waals surface area contributed by atoms with E-state index in [0.717, 1.165) is 50.1 Å². The molecule has 2 heterocycles. The summed E-state index contributed by atoms with van der Waals surface area (Å²) in [7, 11) is 0. The first kappa shape index (κ1) is 20.5. The number of nitrogens with one attached hydrogen (secondary N) is 1. The van der Waals surface area contributed by atoms with Crippen molar-refractivity contribution in [1.29, 1.82) is 0 Å². The zero-order valence-corrected chi connectivity index (χ0v) is 19.7. The Morgan fingerprint density at radius 2 is 2.06 bits per heavy atom. The van der Waals surface area contributed by atoms with E-state index in [0.29, 0.717) is 34.7 Å². The molecule has 8 heteroatoms. The summed E-state index contributed by atoms with van der Waals surface area (Å²) >= 11 is 1.03. The fourth-order valence-corrected chi connectivity index (χ4v) is 8.26. The number of aryl methyl sites for hydroxylation is 1. The highest BCUT2D eigenvalue weighted by Gasteiger charge is 2.66. The molecule has 0 aliphatic heterocycles. The zero-order chi connectivity index (χ0) is 22.3. The molecule has 4 aliphatic carbocycles. The van der Waals surface area contributed by atoms with E-state index in [1.807, 2.05) is 6.20 Å². The lowest BCUT2D eigenvalue weighted by Gasteiger charge is -2.58. The number of rotatable bonds is 2. The number of aliphatic hydroxyl groups is 1. The lowest BCUT2D eigenvalue weighted by molar-refractivity contribution is -0.246. The predicted octanol–water partition coefficient (Wildman–Crippen LogP) is 4.30. The van der Waals surface area contributed by atoms with Crippen molar-refractivity contribution in [2.45, 2.75) is 71.5 Å². The van der Waals surface area contributed by atoms with Crippen LogP contribution in [0.15, 0.2) is 11.8 Å². The van der Waals surface area contributed by atoms with Crippen LogP contribution in [0.2, 0.25) is 0 Å². The predicted molar refractivity (Wildman–Crippen MR) is 120 cm³/mol. The van der Waals surface area contributed by atoms with Gasteiger partial charge < -0.3 is 9.84 Å². The van der Waals surface area contributed by atoms with Gasteiger partial charge in [0.15, 0.2) is 4.88 Å². The van der Waals surface area contributed by atoms with Crippen molar-refractivity contribution in [1.82, 2.24) is 19.8 Å². The Morgan fingerprint density at radius 1 is 1.25 bits per heavy atom. The highest BCUT2D eigenvalue weighted by Crippen LogP contribution is 2.67. The molecule has 2 aromatic rings. The highest BCUT2D eigenvalue weighted by molar-refractivity contribution is 7.07. The SMILES string of the molecule is Cc1nnsc1C(=O)OC1(O)CCC2C3CCC4=Cc5[nH]ncc5CC4(C)C3CCC21C. The second kappa shape index (κ2) is 6.73. The molecule has 6 atom stereocenters. The molecule has 7 nitrogen and oxygen atoms in total. The van der Waals surface area contributed by atoms with Crippen molar-refractivity contribution in [2.75, 3.05) is 0 Å². The van der Waals surface area contributed by atoms with E-state index in [9.17, 15) is 9.90 Å². The zero-order valence-electron chi connectivity index (χ0n) is 18.9. The monoisotopic (exact) mass is 454 g/mol. The molecule has 3 saturated carbocycles. The van der Waals surface area contributed by atoms with E-state index in [-0.39, 0.29) is 5.41 Å². The third-order valence-corrected chi connectivity index (χ3v) is 10.3. The summed E-state index contributed by atoms with van der Waals surface area (Å²) in [6.07, 6.45) is 10.9. The summed E-state index contributed by atoms with van der Waals surface area (Å²) < 4.78 is 9.72. The van der Waals surface area contributed by atoms with Crippen LogP contribution in [0.25, 0.3) is 6.08 Å². The van der Waals surface area contributed by atoms with Crippen molar-refractivity contribution in [2.24, 2.45) is 28.6 Å². The fraction of sp³-hybridized carbons (Fsp3) is 0.667. The van der Waals surface area contributed by atoms with Gasteiger partial charge in [0, 0.05) is 11.8 Å². The Morgan fingerprint density at radius 3 is 2.84 bits per heavy atom. The van der Waals surface area contributed by atoms with E-state index in [1.54, 1.807) is 12.5 Å². The largest absolute Gasteiger partial charge is 0.428 e. The number of carbonyl (C=O) groups is 1. The first-order valence-corrected chi connectivity index (χ1v) is 12.5. The van der Waals surface area contributed by atoms with Gasteiger partial charge >= 0.3 is 5.97 Å². The quantitative estimate of drug-likeness (QED) is 0.518. The molecular weight excluding hydrogens is 424 g/mol. The summed E-state index contributed by atoms with van der Waals surface area (Å²) in [5, 5.41) is 23.0. The lowest BCUT2D eigenvalue weighted by Crippen LogP contribution is -2.56. The summed E-state index contributed by atoms with van der Waals surface area (Å²) in [6, 6.07) is 0. The molecule has 2 N–H and O–H groups in total. The minimum Gasteiger partial charge on any atom is -0.428 e. The molecule has 0 aromatic carbocycles. The summed E-state index contributed by atoms with van der Waals surface area (Å²) in [4.78, 5) is 13.2. The van der Waals surface area contributed by atoms with Gasteiger partial charge in [0.25, 0.3) is 0 Å². The topological polar surface area (TPSA) is 101 Å². The van der Waals surface area contributed by atoms with Gasteiger partial charge in [-0.2, -0.15) is 5.10 Å².